The smallest absolute Gasteiger partial charge is 0.475 e. The van der Waals surface area contributed by atoms with Crippen molar-refractivity contribution in [1.82, 2.24) is 10.2 Å². The lowest BCUT2D eigenvalue weighted by Crippen LogP contribution is -2.21. The SMILES string of the molecule is COc1n[nH]c(=O)o1.O=C(O)C(F)(F)F. The topological polar surface area (TPSA) is 105 Å². The summed E-state index contributed by atoms with van der Waals surface area (Å²) in [6, 6.07) is 0. The summed E-state index contributed by atoms with van der Waals surface area (Å²) in [5.74, 6) is -3.37. The van der Waals surface area contributed by atoms with E-state index in [0.29, 0.717) is 0 Å². The highest BCUT2D eigenvalue weighted by molar-refractivity contribution is 5.73. The summed E-state index contributed by atoms with van der Waals surface area (Å²) in [4.78, 5) is 19.0. The van der Waals surface area contributed by atoms with Crippen molar-refractivity contribution in [3.05, 3.63) is 10.6 Å². The summed E-state index contributed by atoms with van der Waals surface area (Å²) in [5, 5.41) is 12.5. The number of aromatic amines is 1. The number of methoxy groups -OCH3 is 1. The van der Waals surface area contributed by atoms with Gasteiger partial charge in [-0.15, -0.1) is 0 Å². The quantitative estimate of drug-likeness (QED) is 0.703. The van der Waals surface area contributed by atoms with Gasteiger partial charge in [0.1, 0.15) is 0 Å². The molecule has 0 saturated heterocycles. The molecule has 2 N–H and O–H groups in total. The molecule has 1 aromatic heterocycles. The van der Waals surface area contributed by atoms with Crippen LogP contribution in [0, 0.1) is 0 Å². The second-order valence-corrected chi connectivity index (χ2v) is 1.89. The predicted molar refractivity (Wildman–Crippen MR) is 37.4 cm³/mol. The maximum absolute atomic E-state index is 10.6. The molecule has 0 saturated carbocycles. The summed E-state index contributed by atoms with van der Waals surface area (Å²) < 4.78 is 40.5. The van der Waals surface area contributed by atoms with E-state index >= 15 is 0 Å². The van der Waals surface area contributed by atoms with Gasteiger partial charge in [-0.2, -0.15) is 13.2 Å². The molecule has 0 aliphatic rings. The molecule has 0 radical (unpaired) electrons. The van der Waals surface area contributed by atoms with E-state index in [1.54, 1.807) is 0 Å². The molecular weight excluding hydrogens is 225 g/mol. The molecule has 0 aromatic carbocycles. The predicted octanol–water partition coefficient (Wildman–Crippen LogP) is 0.00480. The molecule has 1 aromatic rings. The van der Waals surface area contributed by atoms with Crippen molar-refractivity contribution in [2.45, 2.75) is 6.18 Å². The maximum Gasteiger partial charge on any atom is 0.490 e. The molecule has 0 aliphatic heterocycles. The van der Waals surface area contributed by atoms with Gasteiger partial charge < -0.3 is 14.3 Å². The minimum absolute atomic E-state index is 0.0463. The van der Waals surface area contributed by atoms with Crippen molar-refractivity contribution in [2.24, 2.45) is 0 Å². The average Bonchev–Trinajstić information content (AvgIpc) is 2.50. The highest BCUT2D eigenvalue weighted by Gasteiger charge is 2.38. The summed E-state index contributed by atoms with van der Waals surface area (Å²) >= 11 is 0. The Morgan fingerprint density at radius 2 is 2.07 bits per heavy atom. The van der Waals surface area contributed by atoms with Crippen LogP contribution >= 0.6 is 0 Å². The van der Waals surface area contributed by atoms with Gasteiger partial charge >= 0.3 is 24.0 Å². The number of rotatable bonds is 1. The third-order valence-corrected chi connectivity index (χ3v) is 0.836. The fraction of sp³-hybridized carbons (Fsp3) is 0.400. The van der Waals surface area contributed by atoms with Gasteiger partial charge in [0.15, 0.2) is 0 Å². The molecule has 0 spiro atoms. The lowest BCUT2D eigenvalue weighted by Gasteiger charge is -1.93. The number of aromatic nitrogens is 2. The number of hydrogen-bond acceptors (Lipinski definition) is 5. The van der Waals surface area contributed by atoms with Crippen LogP contribution in [-0.4, -0.2) is 34.6 Å². The Bertz CT molecular complexity index is 367. The zero-order valence-corrected chi connectivity index (χ0v) is 7.16. The lowest BCUT2D eigenvalue weighted by molar-refractivity contribution is -0.192. The molecule has 0 aliphatic carbocycles. The Labute approximate surface area is 79.5 Å². The number of carboxylic acid groups (broad SMARTS) is 1. The van der Waals surface area contributed by atoms with Crippen molar-refractivity contribution in [2.75, 3.05) is 7.11 Å². The van der Waals surface area contributed by atoms with E-state index in [2.05, 4.69) is 14.3 Å². The first kappa shape index (κ1) is 13.0. The maximum atomic E-state index is 10.6. The molecule has 0 atom stereocenters. The minimum atomic E-state index is -5.08. The molecule has 0 amide bonds. The van der Waals surface area contributed by atoms with Crippen LogP contribution < -0.4 is 10.5 Å². The van der Waals surface area contributed by atoms with E-state index in [-0.39, 0.29) is 6.08 Å². The number of nitrogens with zero attached hydrogens (tertiary/aromatic N) is 1. The van der Waals surface area contributed by atoms with Crippen molar-refractivity contribution < 1.29 is 32.2 Å². The van der Waals surface area contributed by atoms with Crippen molar-refractivity contribution >= 4 is 5.97 Å². The standard InChI is InChI=1S/C3H4N2O3.C2HF3O2/c1-7-3-5-4-2(6)8-3;3-2(4,5)1(6)7/h1H3,(H,4,6);(H,6,7). The fourth-order valence-corrected chi connectivity index (χ4v) is 0.304. The fourth-order valence-electron chi connectivity index (χ4n) is 0.304. The van der Waals surface area contributed by atoms with E-state index < -0.39 is 17.9 Å². The number of carboxylic acids is 1. The van der Waals surface area contributed by atoms with Crippen LogP contribution in [0.5, 0.6) is 6.08 Å². The van der Waals surface area contributed by atoms with Crippen LogP contribution in [0.2, 0.25) is 0 Å². The number of H-pyrrole nitrogens is 1. The second kappa shape index (κ2) is 5.02. The number of nitrogens with one attached hydrogen (secondary N) is 1. The number of aliphatic carboxylic acids is 1. The van der Waals surface area contributed by atoms with Crippen LogP contribution in [-0.2, 0) is 4.79 Å². The minimum Gasteiger partial charge on any atom is -0.475 e. The Morgan fingerprint density at radius 1 is 1.60 bits per heavy atom. The first-order valence-electron chi connectivity index (χ1n) is 3.17. The van der Waals surface area contributed by atoms with Gasteiger partial charge in [0.05, 0.1) is 7.11 Å². The Balaban J connectivity index is 0.000000265. The van der Waals surface area contributed by atoms with Crippen LogP contribution in [0.4, 0.5) is 13.2 Å². The summed E-state index contributed by atoms with van der Waals surface area (Å²) in [5.41, 5.74) is 0. The van der Waals surface area contributed by atoms with E-state index in [1.165, 1.54) is 7.11 Å². The summed E-state index contributed by atoms with van der Waals surface area (Å²) in [7, 11) is 1.36. The Morgan fingerprint density at radius 3 is 2.20 bits per heavy atom. The number of carbonyl (C=O) groups is 1. The number of ether oxygens (including phenoxy) is 1. The van der Waals surface area contributed by atoms with Gasteiger partial charge in [-0.05, 0) is 0 Å². The number of halogens is 3. The molecule has 0 fully saturated rings. The second-order valence-electron chi connectivity index (χ2n) is 1.89. The van der Waals surface area contributed by atoms with Crippen LogP contribution in [0.25, 0.3) is 0 Å². The van der Waals surface area contributed by atoms with Gasteiger partial charge in [0.2, 0.25) is 0 Å². The summed E-state index contributed by atoms with van der Waals surface area (Å²) in [6.07, 6.45) is -5.13. The molecule has 10 heteroatoms. The van der Waals surface area contributed by atoms with Gasteiger partial charge in [-0.1, -0.05) is 5.10 Å². The van der Waals surface area contributed by atoms with E-state index in [9.17, 15) is 18.0 Å². The molecular formula is C5H5F3N2O5. The third-order valence-electron chi connectivity index (χ3n) is 0.836. The van der Waals surface area contributed by atoms with Gasteiger partial charge in [-0.25, -0.2) is 14.7 Å². The van der Waals surface area contributed by atoms with Gasteiger partial charge in [-0.3, -0.25) is 0 Å². The number of alkyl halides is 3. The summed E-state index contributed by atoms with van der Waals surface area (Å²) in [6.45, 7) is 0. The Hall–Kier alpha value is -2.00. The first-order valence-corrected chi connectivity index (χ1v) is 3.17. The van der Waals surface area contributed by atoms with E-state index in [4.69, 9.17) is 9.90 Å². The van der Waals surface area contributed by atoms with Gasteiger partial charge in [0.25, 0.3) is 0 Å². The largest absolute Gasteiger partial charge is 0.490 e. The highest BCUT2D eigenvalue weighted by atomic mass is 19.4. The lowest BCUT2D eigenvalue weighted by atomic mass is 10.7. The third kappa shape index (κ3) is 5.33. The molecule has 7 nitrogen and oxygen atoms in total. The van der Waals surface area contributed by atoms with Gasteiger partial charge in [0, 0.05) is 0 Å². The van der Waals surface area contributed by atoms with Crippen LogP contribution in [0.15, 0.2) is 9.21 Å². The Kier molecular flexibility index (Phi) is 4.35. The molecule has 1 rings (SSSR count). The van der Waals surface area contributed by atoms with E-state index in [0.717, 1.165) is 0 Å². The molecule has 1 heterocycles. The van der Waals surface area contributed by atoms with Crippen LogP contribution in [0.3, 0.4) is 0 Å². The van der Waals surface area contributed by atoms with Crippen molar-refractivity contribution in [1.29, 1.82) is 0 Å². The molecule has 15 heavy (non-hydrogen) atoms. The molecule has 86 valence electrons. The first-order chi connectivity index (χ1) is 6.77. The highest BCUT2D eigenvalue weighted by Crippen LogP contribution is 2.13. The van der Waals surface area contributed by atoms with E-state index in [1.807, 2.05) is 5.10 Å². The van der Waals surface area contributed by atoms with Crippen molar-refractivity contribution in [3.8, 4) is 6.08 Å². The average molecular weight is 230 g/mol. The zero-order chi connectivity index (χ0) is 12.1. The zero-order valence-electron chi connectivity index (χ0n) is 7.16. The van der Waals surface area contributed by atoms with Crippen molar-refractivity contribution in [3.63, 3.8) is 0 Å². The molecule has 0 unspecified atom stereocenters. The number of hydrogen-bond donors (Lipinski definition) is 2. The monoisotopic (exact) mass is 230 g/mol. The molecule has 0 bridgehead atoms. The normalized spacial score (nSPS) is 10.1. The van der Waals surface area contributed by atoms with Crippen LogP contribution in [0.1, 0.15) is 0 Å².